The molecule has 0 bridgehead atoms. The van der Waals surface area contributed by atoms with Crippen molar-refractivity contribution in [1.29, 1.82) is 0 Å². The Labute approximate surface area is 92.2 Å². The summed E-state index contributed by atoms with van der Waals surface area (Å²) in [6.45, 7) is 0.237. The van der Waals surface area contributed by atoms with Crippen molar-refractivity contribution >= 4 is 5.91 Å². The van der Waals surface area contributed by atoms with Crippen molar-refractivity contribution < 1.29 is 35.7 Å². The first kappa shape index (κ1) is 9.57. The summed E-state index contributed by atoms with van der Waals surface area (Å²) in [5, 5.41) is 0. The monoisotopic (exact) mass is 306 g/mol. The van der Waals surface area contributed by atoms with Crippen LogP contribution in [-0.4, -0.2) is 17.6 Å². The summed E-state index contributed by atoms with van der Waals surface area (Å²) < 4.78 is 13.1. The van der Waals surface area contributed by atoms with Gasteiger partial charge in [0.25, 0.3) is 0 Å². The van der Waals surface area contributed by atoms with Gasteiger partial charge in [-0.05, 0) is 0 Å². The number of amides is 1. The van der Waals surface area contributed by atoms with Crippen LogP contribution in [0.2, 0.25) is 0 Å². The third-order valence-corrected chi connectivity index (χ3v) is 2.84. The molecule has 1 aromatic rings. The van der Waals surface area contributed by atoms with E-state index in [1.54, 1.807) is 18.2 Å². The van der Waals surface area contributed by atoms with E-state index in [0.717, 1.165) is 0 Å². The predicted molar refractivity (Wildman–Crippen MR) is 46.0 cm³/mol. The number of benzene rings is 1. The number of carbonyl (C=O) groups excluding carboxylic acids is 1. The number of fused-ring (bicyclic) bond motifs is 1. The van der Waals surface area contributed by atoms with Crippen molar-refractivity contribution in [3.05, 3.63) is 23.8 Å². The second kappa shape index (κ2) is 4.04. The molecule has 0 saturated carbocycles. The molecule has 1 aromatic carbocycles. The average Bonchev–Trinajstić information content (AvgIpc) is 2.64. The van der Waals surface area contributed by atoms with Crippen molar-refractivity contribution in [3.8, 4) is 11.5 Å². The van der Waals surface area contributed by atoms with Gasteiger partial charge in [0.15, 0.2) is 0 Å². The Kier molecular flexibility index (Phi) is 2.76. The maximum atomic E-state index is 11.5. The van der Waals surface area contributed by atoms with Gasteiger partial charge in [-0.2, -0.15) is 0 Å². The maximum absolute atomic E-state index is 11.5. The van der Waals surface area contributed by atoms with E-state index in [2.05, 4.69) is 3.53 Å². The second-order valence-electron chi connectivity index (χ2n) is 2.68. The molecule has 0 aliphatic carbocycles. The van der Waals surface area contributed by atoms with E-state index in [9.17, 15) is 4.79 Å². The fourth-order valence-corrected chi connectivity index (χ4v) is 1.98. The number of ether oxygens (including phenoxy) is 2. The van der Waals surface area contributed by atoms with E-state index in [4.69, 9.17) is 9.47 Å². The van der Waals surface area contributed by atoms with Crippen LogP contribution in [0.3, 0.4) is 0 Å². The molecule has 0 saturated heterocycles. The molecule has 0 atom stereocenters. The molecule has 0 spiro atoms. The first-order valence-corrected chi connectivity index (χ1v) is 7.23. The molecule has 1 amide bonds. The Morgan fingerprint density at radius 1 is 1.43 bits per heavy atom. The summed E-state index contributed by atoms with van der Waals surface area (Å²) in [5.74, 6) is 1.30. The van der Waals surface area contributed by atoms with Crippen LogP contribution in [0, 0.1) is 0 Å². The number of hydrogen-bond donors (Lipinski definition) is 1. The zero-order chi connectivity index (χ0) is 9.97. The minimum atomic E-state index is -0.237. The quantitative estimate of drug-likeness (QED) is 0.383. The molecular formula is C9H9INO3-. The van der Waals surface area contributed by atoms with Gasteiger partial charge in [0, 0.05) is 0 Å². The van der Waals surface area contributed by atoms with Gasteiger partial charge in [0.05, 0.1) is 0 Å². The first-order chi connectivity index (χ1) is 6.81. The van der Waals surface area contributed by atoms with Crippen LogP contribution >= 0.6 is 0 Å². The Hall–Kier alpha value is -0.980. The van der Waals surface area contributed by atoms with Crippen molar-refractivity contribution in [2.75, 3.05) is 11.7 Å². The molecule has 0 fully saturated rings. The summed E-state index contributed by atoms with van der Waals surface area (Å²) in [6.07, 6.45) is 0. The number of nitrogens with one attached hydrogen (secondary N) is 1. The van der Waals surface area contributed by atoms with Crippen LogP contribution in [-0.2, 0) is 0 Å². The van der Waals surface area contributed by atoms with Gasteiger partial charge in [-0.3, -0.25) is 0 Å². The van der Waals surface area contributed by atoms with E-state index >= 15 is 0 Å². The summed E-state index contributed by atoms with van der Waals surface area (Å²) in [6, 6.07) is 5.20. The van der Waals surface area contributed by atoms with Crippen LogP contribution in [0.5, 0.6) is 11.5 Å². The summed E-state index contributed by atoms with van der Waals surface area (Å²) in [7, 11) is 0. The zero-order valence-corrected chi connectivity index (χ0v) is 9.70. The Balaban J connectivity index is 2.24. The van der Waals surface area contributed by atoms with Gasteiger partial charge in [0.2, 0.25) is 0 Å². The molecule has 0 radical (unpaired) electrons. The molecule has 1 heterocycles. The summed E-state index contributed by atoms with van der Waals surface area (Å²) >= 11 is -0.237. The topological polar surface area (TPSA) is 47.6 Å². The van der Waals surface area contributed by atoms with Gasteiger partial charge >= 0.3 is 92.2 Å². The standard InChI is InChI=1S/C9H9INO3/c1-10-11-9(12)6-2-3-7-8(4-6)14-5-13-7/h2-4H,5H2,1H3,(H,11,12)/q-1. The Bertz CT molecular complexity index is 367. The molecule has 4 nitrogen and oxygen atoms in total. The first-order valence-electron chi connectivity index (χ1n) is 3.99. The van der Waals surface area contributed by atoms with Crippen molar-refractivity contribution in [2.45, 2.75) is 0 Å². The molecule has 76 valence electrons. The van der Waals surface area contributed by atoms with Crippen LogP contribution in [0.4, 0.5) is 0 Å². The van der Waals surface area contributed by atoms with Crippen LogP contribution < -0.4 is 34.5 Å². The summed E-state index contributed by atoms with van der Waals surface area (Å²) in [4.78, 5) is 13.5. The average molecular weight is 306 g/mol. The van der Waals surface area contributed by atoms with E-state index in [-0.39, 0.29) is 34.2 Å². The number of alkyl halides is 1. The van der Waals surface area contributed by atoms with Crippen LogP contribution in [0.1, 0.15) is 10.4 Å². The van der Waals surface area contributed by atoms with E-state index in [1.165, 1.54) is 0 Å². The van der Waals surface area contributed by atoms with Crippen LogP contribution in [0.25, 0.3) is 0 Å². The molecule has 1 aliphatic heterocycles. The third-order valence-electron chi connectivity index (χ3n) is 1.82. The van der Waals surface area contributed by atoms with E-state index in [0.29, 0.717) is 17.1 Å². The predicted octanol–water partition coefficient (Wildman–Crippen LogP) is -2.22. The fourth-order valence-electron chi connectivity index (χ4n) is 1.18. The zero-order valence-electron chi connectivity index (χ0n) is 7.54. The van der Waals surface area contributed by atoms with Crippen molar-refractivity contribution in [1.82, 2.24) is 3.53 Å². The van der Waals surface area contributed by atoms with Crippen molar-refractivity contribution in [3.63, 3.8) is 0 Å². The molecule has 0 unspecified atom stereocenters. The van der Waals surface area contributed by atoms with E-state index in [1.807, 2.05) is 4.93 Å². The Morgan fingerprint density at radius 2 is 2.21 bits per heavy atom. The summed E-state index contributed by atoms with van der Waals surface area (Å²) in [5.41, 5.74) is 0.621. The fraction of sp³-hybridized carbons (Fsp3) is 0.222. The molecule has 1 aliphatic rings. The second-order valence-corrected chi connectivity index (χ2v) is 4.30. The SMILES string of the molecule is C[I-]NC(=O)c1ccc2c(c1)OCO2. The molecule has 0 aromatic heterocycles. The normalized spacial score (nSPS) is 12.9. The van der Waals surface area contributed by atoms with Crippen LogP contribution in [0.15, 0.2) is 18.2 Å². The molecular weight excluding hydrogens is 297 g/mol. The van der Waals surface area contributed by atoms with Gasteiger partial charge in [-0.15, -0.1) is 0 Å². The minimum absolute atomic E-state index is 0.0430. The van der Waals surface area contributed by atoms with Gasteiger partial charge in [-0.25, -0.2) is 0 Å². The number of hydrogen-bond acceptors (Lipinski definition) is 3. The van der Waals surface area contributed by atoms with E-state index < -0.39 is 0 Å². The Morgan fingerprint density at radius 3 is 3.00 bits per heavy atom. The molecule has 5 heteroatoms. The van der Waals surface area contributed by atoms with Gasteiger partial charge < -0.3 is 0 Å². The molecule has 2 rings (SSSR count). The number of rotatable bonds is 2. The molecule has 1 N–H and O–H groups in total. The third kappa shape index (κ3) is 1.77. The van der Waals surface area contributed by atoms with Gasteiger partial charge in [-0.1, -0.05) is 0 Å². The molecule has 14 heavy (non-hydrogen) atoms. The number of carbonyl (C=O) groups is 1. The van der Waals surface area contributed by atoms with Gasteiger partial charge in [0.1, 0.15) is 0 Å². The number of halogens is 1. The van der Waals surface area contributed by atoms with Crippen molar-refractivity contribution in [2.24, 2.45) is 0 Å².